The minimum Gasteiger partial charge on any atom is -0.388 e. The highest BCUT2D eigenvalue weighted by atomic mass is 32.2. The fourth-order valence-corrected chi connectivity index (χ4v) is 2.66. The summed E-state index contributed by atoms with van der Waals surface area (Å²) in [5, 5.41) is 18.7. The van der Waals surface area contributed by atoms with Gasteiger partial charge >= 0.3 is 0 Å². The van der Waals surface area contributed by atoms with Gasteiger partial charge in [0, 0.05) is 10.6 Å². The number of hydrogen-bond donors (Lipinski definition) is 2. The SMILES string of the molecule is OC1O[C@H](CSc2ccccc2)CC[C@H]1O. The van der Waals surface area contributed by atoms with Crippen molar-refractivity contribution in [3.8, 4) is 0 Å². The van der Waals surface area contributed by atoms with E-state index in [2.05, 4.69) is 12.1 Å². The van der Waals surface area contributed by atoms with E-state index < -0.39 is 12.4 Å². The molecule has 0 bridgehead atoms. The maximum atomic E-state index is 9.36. The predicted molar refractivity (Wildman–Crippen MR) is 63.3 cm³/mol. The normalized spacial score (nSPS) is 30.2. The first-order valence-electron chi connectivity index (χ1n) is 5.45. The number of aliphatic hydroxyl groups excluding tert-OH is 2. The molecule has 0 aliphatic carbocycles. The number of benzene rings is 1. The van der Waals surface area contributed by atoms with Crippen molar-refractivity contribution in [1.82, 2.24) is 0 Å². The van der Waals surface area contributed by atoms with Crippen molar-refractivity contribution in [3.63, 3.8) is 0 Å². The number of aliphatic hydroxyl groups is 2. The first kappa shape index (κ1) is 11.9. The molecule has 1 aromatic carbocycles. The molecule has 0 spiro atoms. The Morgan fingerprint density at radius 1 is 1.19 bits per heavy atom. The molecule has 1 heterocycles. The summed E-state index contributed by atoms with van der Waals surface area (Å²) in [5.74, 6) is 0.813. The Morgan fingerprint density at radius 2 is 1.94 bits per heavy atom. The second-order valence-corrected chi connectivity index (χ2v) is 5.01. The van der Waals surface area contributed by atoms with Gasteiger partial charge in [0.1, 0.15) is 6.10 Å². The third-order valence-corrected chi connectivity index (χ3v) is 3.77. The van der Waals surface area contributed by atoms with Gasteiger partial charge in [0.25, 0.3) is 0 Å². The molecular weight excluding hydrogens is 224 g/mol. The number of thioether (sulfide) groups is 1. The molecule has 0 radical (unpaired) electrons. The third kappa shape index (κ3) is 3.22. The Labute approximate surface area is 99.4 Å². The summed E-state index contributed by atoms with van der Waals surface area (Å²) in [4.78, 5) is 1.20. The van der Waals surface area contributed by atoms with Gasteiger partial charge < -0.3 is 14.9 Å². The molecule has 1 aromatic rings. The van der Waals surface area contributed by atoms with Crippen LogP contribution in [0.3, 0.4) is 0 Å². The summed E-state index contributed by atoms with van der Waals surface area (Å²) in [5.41, 5.74) is 0. The Kier molecular flexibility index (Phi) is 4.23. The van der Waals surface area contributed by atoms with Crippen molar-refractivity contribution in [1.29, 1.82) is 0 Å². The minimum atomic E-state index is -1.02. The molecule has 1 fully saturated rings. The summed E-state index contributed by atoms with van der Waals surface area (Å²) in [6, 6.07) is 10.1. The lowest BCUT2D eigenvalue weighted by atomic mass is 10.1. The van der Waals surface area contributed by atoms with E-state index in [0.717, 1.165) is 12.2 Å². The van der Waals surface area contributed by atoms with Crippen molar-refractivity contribution in [2.24, 2.45) is 0 Å². The zero-order chi connectivity index (χ0) is 11.4. The lowest BCUT2D eigenvalue weighted by molar-refractivity contribution is -0.209. The van der Waals surface area contributed by atoms with Crippen LogP contribution in [0.1, 0.15) is 12.8 Å². The molecule has 88 valence electrons. The Bertz CT molecular complexity index is 317. The van der Waals surface area contributed by atoms with E-state index in [9.17, 15) is 10.2 Å². The molecule has 4 heteroatoms. The maximum Gasteiger partial charge on any atom is 0.181 e. The minimum absolute atomic E-state index is 0.0311. The third-order valence-electron chi connectivity index (χ3n) is 2.62. The van der Waals surface area contributed by atoms with Gasteiger partial charge in [-0.2, -0.15) is 0 Å². The van der Waals surface area contributed by atoms with Crippen molar-refractivity contribution >= 4 is 11.8 Å². The molecule has 1 saturated heterocycles. The van der Waals surface area contributed by atoms with Gasteiger partial charge in [-0.25, -0.2) is 0 Å². The highest BCUT2D eigenvalue weighted by Gasteiger charge is 2.27. The maximum absolute atomic E-state index is 9.36. The van der Waals surface area contributed by atoms with E-state index in [4.69, 9.17) is 4.74 Å². The molecule has 1 aliphatic rings. The van der Waals surface area contributed by atoms with Gasteiger partial charge in [0.15, 0.2) is 6.29 Å². The van der Waals surface area contributed by atoms with Crippen LogP contribution in [0.25, 0.3) is 0 Å². The molecular formula is C12H16O3S. The quantitative estimate of drug-likeness (QED) is 0.789. The van der Waals surface area contributed by atoms with Gasteiger partial charge in [0.05, 0.1) is 6.10 Å². The highest BCUT2D eigenvalue weighted by Crippen LogP contribution is 2.25. The first-order chi connectivity index (χ1) is 7.75. The number of hydrogen-bond acceptors (Lipinski definition) is 4. The standard InChI is InChI=1S/C12H16O3S/c13-11-7-6-9(15-12(11)14)8-16-10-4-2-1-3-5-10/h1-5,9,11-14H,6-8H2/t9-,11+,12?/m0/s1. The summed E-state index contributed by atoms with van der Waals surface area (Å²) in [6.45, 7) is 0. The lowest BCUT2D eigenvalue weighted by Gasteiger charge is -2.30. The zero-order valence-corrected chi connectivity index (χ0v) is 9.77. The van der Waals surface area contributed by atoms with Crippen LogP contribution in [0.2, 0.25) is 0 Å². The molecule has 2 rings (SSSR count). The predicted octanol–water partition coefficient (Wildman–Crippen LogP) is 1.64. The molecule has 1 aliphatic heterocycles. The molecule has 0 saturated carbocycles. The van der Waals surface area contributed by atoms with Crippen molar-refractivity contribution in [2.45, 2.75) is 36.2 Å². The molecule has 3 nitrogen and oxygen atoms in total. The van der Waals surface area contributed by atoms with Crippen molar-refractivity contribution in [2.75, 3.05) is 5.75 Å². The number of rotatable bonds is 3. The fourth-order valence-electron chi connectivity index (χ4n) is 1.68. The van der Waals surface area contributed by atoms with Crippen LogP contribution in [0.4, 0.5) is 0 Å². The average Bonchev–Trinajstić information content (AvgIpc) is 2.32. The van der Waals surface area contributed by atoms with Crippen LogP contribution in [0.15, 0.2) is 35.2 Å². The van der Waals surface area contributed by atoms with Crippen LogP contribution in [0, 0.1) is 0 Å². The van der Waals surface area contributed by atoms with Crippen LogP contribution in [-0.4, -0.2) is 34.5 Å². The van der Waals surface area contributed by atoms with E-state index in [1.165, 1.54) is 4.90 Å². The van der Waals surface area contributed by atoms with E-state index >= 15 is 0 Å². The van der Waals surface area contributed by atoms with Crippen LogP contribution < -0.4 is 0 Å². The van der Waals surface area contributed by atoms with Crippen molar-refractivity contribution in [3.05, 3.63) is 30.3 Å². The molecule has 3 atom stereocenters. The highest BCUT2D eigenvalue weighted by molar-refractivity contribution is 7.99. The summed E-state index contributed by atoms with van der Waals surface area (Å²) >= 11 is 1.71. The monoisotopic (exact) mass is 240 g/mol. The van der Waals surface area contributed by atoms with Gasteiger partial charge in [-0.1, -0.05) is 18.2 Å². The molecule has 0 aromatic heterocycles. The van der Waals surface area contributed by atoms with Gasteiger partial charge in [0.2, 0.25) is 0 Å². The average molecular weight is 240 g/mol. The van der Waals surface area contributed by atoms with Gasteiger partial charge in [-0.3, -0.25) is 0 Å². The summed E-state index contributed by atoms with van der Waals surface area (Å²) < 4.78 is 5.30. The van der Waals surface area contributed by atoms with Crippen LogP contribution >= 0.6 is 11.8 Å². The molecule has 16 heavy (non-hydrogen) atoms. The van der Waals surface area contributed by atoms with Crippen LogP contribution in [0.5, 0.6) is 0 Å². The Morgan fingerprint density at radius 3 is 2.62 bits per heavy atom. The summed E-state index contributed by atoms with van der Waals surface area (Å²) in [6.07, 6.45) is -0.295. The van der Waals surface area contributed by atoms with E-state index in [-0.39, 0.29) is 6.10 Å². The first-order valence-corrected chi connectivity index (χ1v) is 6.43. The second-order valence-electron chi connectivity index (χ2n) is 3.92. The molecule has 1 unspecified atom stereocenters. The molecule has 0 amide bonds. The smallest absolute Gasteiger partial charge is 0.181 e. The van der Waals surface area contributed by atoms with Gasteiger partial charge in [-0.05, 0) is 25.0 Å². The van der Waals surface area contributed by atoms with Crippen molar-refractivity contribution < 1.29 is 14.9 Å². The topological polar surface area (TPSA) is 49.7 Å². The number of ether oxygens (including phenoxy) is 1. The van der Waals surface area contributed by atoms with E-state index in [1.54, 1.807) is 11.8 Å². The second kappa shape index (κ2) is 5.68. The Balaban J connectivity index is 1.79. The lowest BCUT2D eigenvalue weighted by Crippen LogP contribution is -2.39. The van der Waals surface area contributed by atoms with Gasteiger partial charge in [-0.15, -0.1) is 11.8 Å². The largest absolute Gasteiger partial charge is 0.388 e. The molecule has 2 N–H and O–H groups in total. The van der Waals surface area contributed by atoms with E-state index in [1.807, 2.05) is 18.2 Å². The van der Waals surface area contributed by atoms with E-state index in [0.29, 0.717) is 6.42 Å². The Hall–Kier alpha value is -0.550. The zero-order valence-electron chi connectivity index (χ0n) is 8.95. The van der Waals surface area contributed by atoms with Crippen LogP contribution in [-0.2, 0) is 4.74 Å². The fraction of sp³-hybridized carbons (Fsp3) is 0.500. The summed E-state index contributed by atoms with van der Waals surface area (Å²) in [7, 11) is 0.